The SMILES string of the molecule is COCC(=O)N(Cc1nc(C)c(Cc2cccc(C)c2)c(=O)[nH]1)CC(C)C. The lowest BCUT2D eigenvalue weighted by Crippen LogP contribution is -2.37. The van der Waals surface area contributed by atoms with Gasteiger partial charge in [0.05, 0.1) is 6.54 Å². The van der Waals surface area contributed by atoms with Crippen molar-refractivity contribution in [3.63, 3.8) is 0 Å². The van der Waals surface area contributed by atoms with Crippen molar-refractivity contribution < 1.29 is 9.53 Å². The van der Waals surface area contributed by atoms with Gasteiger partial charge in [-0.25, -0.2) is 4.98 Å². The number of ether oxygens (including phenoxy) is 1. The minimum atomic E-state index is -0.150. The van der Waals surface area contributed by atoms with Crippen molar-refractivity contribution in [3.8, 4) is 0 Å². The molecule has 1 aromatic carbocycles. The first kappa shape index (κ1) is 20.8. The van der Waals surface area contributed by atoms with Gasteiger partial charge in [-0.1, -0.05) is 43.7 Å². The highest BCUT2D eigenvalue weighted by Crippen LogP contribution is 2.12. The van der Waals surface area contributed by atoms with Gasteiger partial charge in [-0.3, -0.25) is 9.59 Å². The molecule has 1 amide bonds. The van der Waals surface area contributed by atoms with Crippen molar-refractivity contribution >= 4 is 5.91 Å². The molecule has 0 fully saturated rings. The van der Waals surface area contributed by atoms with Gasteiger partial charge in [-0.05, 0) is 25.3 Å². The third kappa shape index (κ3) is 6.03. The fourth-order valence-electron chi connectivity index (χ4n) is 3.07. The molecule has 1 aromatic heterocycles. The zero-order chi connectivity index (χ0) is 20.0. The third-order valence-electron chi connectivity index (χ3n) is 4.28. The molecule has 6 heteroatoms. The third-order valence-corrected chi connectivity index (χ3v) is 4.28. The van der Waals surface area contributed by atoms with Crippen LogP contribution in [0.4, 0.5) is 0 Å². The second kappa shape index (κ2) is 9.46. The number of hydrogen-bond donors (Lipinski definition) is 1. The summed E-state index contributed by atoms with van der Waals surface area (Å²) in [5.74, 6) is 0.685. The summed E-state index contributed by atoms with van der Waals surface area (Å²) < 4.78 is 4.96. The molecular formula is C21H29N3O3. The molecule has 0 atom stereocenters. The fraction of sp³-hybridized carbons (Fsp3) is 0.476. The van der Waals surface area contributed by atoms with Crippen LogP contribution in [0.1, 0.15) is 42.1 Å². The second-order valence-corrected chi connectivity index (χ2v) is 7.34. The molecule has 0 radical (unpaired) electrons. The number of methoxy groups -OCH3 is 1. The summed E-state index contributed by atoms with van der Waals surface area (Å²) in [5, 5.41) is 0. The van der Waals surface area contributed by atoms with Gasteiger partial charge in [0, 0.05) is 31.3 Å². The highest BCUT2D eigenvalue weighted by Gasteiger charge is 2.18. The van der Waals surface area contributed by atoms with Crippen molar-refractivity contribution in [3.05, 3.63) is 62.8 Å². The van der Waals surface area contributed by atoms with E-state index in [1.807, 2.05) is 45.9 Å². The number of hydrogen-bond acceptors (Lipinski definition) is 4. The van der Waals surface area contributed by atoms with E-state index >= 15 is 0 Å². The lowest BCUT2D eigenvalue weighted by molar-refractivity contribution is -0.136. The van der Waals surface area contributed by atoms with Gasteiger partial charge in [0.1, 0.15) is 12.4 Å². The summed E-state index contributed by atoms with van der Waals surface area (Å²) >= 11 is 0. The van der Waals surface area contributed by atoms with Crippen LogP contribution in [0.15, 0.2) is 29.1 Å². The average molecular weight is 371 g/mol. The van der Waals surface area contributed by atoms with E-state index in [2.05, 4.69) is 16.0 Å². The molecular weight excluding hydrogens is 342 g/mol. The van der Waals surface area contributed by atoms with Crippen molar-refractivity contribution in [2.45, 2.75) is 40.7 Å². The van der Waals surface area contributed by atoms with Gasteiger partial charge in [0.15, 0.2) is 0 Å². The molecule has 1 N–H and O–H groups in total. The Morgan fingerprint density at radius 3 is 2.63 bits per heavy atom. The van der Waals surface area contributed by atoms with Crippen molar-refractivity contribution in [1.29, 1.82) is 0 Å². The van der Waals surface area contributed by atoms with Crippen LogP contribution in [0.3, 0.4) is 0 Å². The summed E-state index contributed by atoms with van der Waals surface area (Å²) in [4.78, 5) is 34.0. The molecule has 0 bridgehead atoms. The van der Waals surface area contributed by atoms with Crippen LogP contribution < -0.4 is 5.56 Å². The largest absolute Gasteiger partial charge is 0.375 e. The van der Waals surface area contributed by atoms with E-state index < -0.39 is 0 Å². The molecule has 27 heavy (non-hydrogen) atoms. The zero-order valence-electron chi connectivity index (χ0n) is 16.8. The number of nitrogens with one attached hydrogen (secondary N) is 1. The molecule has 0 saturated carbocycles. The normalized spacial score (nSPS) is 11.0. The first-order chi connectivity index (χ1) is 12.8. The molecule has 2 aromatic rings. The first-order valence-corrected chi connectivity index (χ1v) is 9.21. The van der Waals surface area contributed by atoms with Gasteiger partial charge in [-0.15, -0.1) is 0 Å². The molecule has 6 nitrogen and oxygen atoms in total. The topological polar surface area (TPSA) is 75.3 Å². The Morgan fingerprint density at radius 1 is 1.30 bits per heavy atom. The molecule has 1 heterocycles. The lowest BCUT2D eigenvalue weighted by atomic mass is 10.0. The Balaban J connectivity index is 2.23. The van der Waals surface area contributed by atoms with Gasteiger partial charge in [-0.2, -0.15) is 0 Å². The number of rotatable bonds is 8. The Hall–Kier alpha value is -2.47. The number of aromatic amines is 1. The maximum absolute atomic E-state index is 12.6. The number of nitrogens with zero attached hydrogens (tertiary/aromatic N) is 2. The van der Waals surface area contributed by atoms with Crippen LogP contribution in [-0.2, 0) is 22.5 Å². The van der Waals surface area contributed by atoms with Crippen molar-refractivity contribution in [2.24, 2.45) is 5.92 Å². The Morgan fingerprint density at radius 2 is 2.04 bits per heavy atom. The van der Waals surface area contributed by atoms with Crippen molar-refractivity contribution in [2.75, 3.05) is 20.3 Å². The molecule has 0 unspecified atom stereocenters. The first-order valence-electron chi connectivity index (χ1n) is 9.21. The van der Waals surface area contributed by atoms with Crippen LogP contribution in [0.25, 0.3) is 0 Å². The molecule has 0 aliphatic rings. The van der Waals surface area contributed by atoms with E-state index in [4.69, 9.17) is 4.74 Å². The number of aromatic nitrogens is 2. The van der Waals surface area contributed by atoms with E-state index in [0.29, 0.717) is 36.0 Å². The lowest BCUT2D eigenvalue weighted by Gasteiger charge is -2.24. The number of carbonyl (C=O) groups is 1. The maximum Gasteiger partial charge on any atom is 0.254 e. The summed E-state index contributed by atoms with van der Waals surface area (Å²) in [6, 6.07) is 8.09. The van der Waals surface area contributed by atoms with Gasteiger partial charge < -0.3 is 14.6 Å². The summed E-state index contributed by atoms with van der Waals surface area (Å²) in [6.45, 7) is 8.81. The van der Waals surface area contributed by atoms with Crippen LogP contribution in [0, 0.1) is 19.8 Å². The maximum atomic E-state index is 12.6. The highest BCUT2D eigenvalue weighted by atomic mass is 16.5. The smallest absolute Gasteiger partial charge is 0.254 e. The predicted molar refractivity (Wildman–Crippen MR) is 106 cm³/mol. The summed E-state index contributed by atoms with van der Waals surface area (Å²) in [5.41, 5.74) is 3.44. The van der Waals surface area contributed by atoms with Crippen LogP contribution in [-0.4, -0.2) is 41.0 Å². The minimum absolute atomic E-state index is 0.0153. The van der Waals surface area contributed by atoms with Crippen LogP contribution >= 0.6 is 0 Å². The van der Waals surface area contributed by atoms with E-state index in [9.17, 15) is 9.59 Å². The Bertz CT molecular complexity index is 843. The van der Waals surface area contributed by atoms with E-state index in [1.165, 1.54) is 7.11 Å². The second-order valence-electron chi connectivity index (χ2n) is 7.34. The number of amides is 1. The molecule has 0 saturated heterocycles. The predicted octanol–water partition coefficient (Wildman–Crippen LogP) is 2.61. The minimum Gasteiger partial charge on any atom is -0.375 e. The number of H-pyrrole nitrogens is 1. The monoisotopic (exact) mass is 371 g/mol. The van der Waals surface area contributed by atoms with E-state index in [1.54, 1.807) is 4.90 Å². The number of carbonyl (C=O) groups excluding carboxylic acids is 1. The Kier molecular flexibility index (Phi) is 7.30. The summed E-state index contributed by atoms with van der Waals surface area (Å²) in [6.07, 6.45) is 0.536. The van der Waals surface area contributed by atoms with E-state index in [0.717, 1.165) is 11.1 Å². The number of benzene rings is 1. The van der Waals surface area contributed by atoms with Crippen LogP contribution in [0.5, 0.6) is 0 Å². The standard InChI is InChI=1S/C21H29N3O3/c1-14(2)11-24(20(25)13-27-5)12-19-22-16(4)18(21(26)23-19)10-17-8-6-7-15(3)9-17/h6-9,14H,10-13H2,1-5H3,(H,22,23,26). The quantitative estimate of drug-likeness (QED) is 0.774. The van der Waals surface area contributed by atoms with Crippen molar-refractivity contribution in [1.82, 2.24) is 14.9 Å². The number of aryl methyl sites for hydroxylation is 2. The van der Waals surface area contributed by atoms with Crippen LogP contribution in [0.2, 0.25) is 0 Å². The van der Waals surface area contributed by atoms with Gasteiger partial charge >= 0.3 is 0 Å². The van der Waals surface area contributed by atoms with Gasteiger partial charge in [0.25, 0.3) is 5.56 Å². The zero-order valence-corrected chi connectivity index (χ0v) is 16.8. The molecule has 0 aliphatic heterocycles. The molecule has 0 aliphatic carbocycles. The Labute approximate surface area is 160 Å². The highest BCUT2D eigenvalue weighted by molar-refractivity contribution is 5.77. The molecule has 2 rings (SSSR count). The van der Waals surface area contributed by atoms with E-state index in [-0.39, 0.29) is 24.6 Å². The molecule has 0 spiro atoms. The summed E-state index contributed by atoms with van der Waals surface area (Å²) in [7, 11) is 1.50. The molecule has 146 valence electrons. The van der Waals surface area contributed by atoms with Gasteiger partial charge in [0.2, 0.25) is 5.91 Å². The average Bonchev–Trinajstić information content (AvgIpc) is 2.57. The fourth-order valence-corrected chi connectivity index (χ4v) is 3.07.